The maximum atomic E-state index is 14.1. The summed E-state index contributed by atoms with van der Waals surface area (Å²) in [6, 6.07) is 13.8. The number of fused-ring (bicyclic) bond motifs is 1. The first-order valence-electron chi connectivity index (χ1n) is 32.3. The summed E-state index contributed by atoms with van der Waals surface area (Å²) < 4.78 is 44.2. The maximum Gasteiger partial charge on any atom is 0.317 e. The molecule has 0 aliphatic carbocycles. The molecule has 2 aromatic carbocycles. The number of imide groups is 1. The molecule has 28 heteroatoms. The van der Waals surface area contributed by atoms with Crippen LogP contribution in [0.4, 0.5) is 8.78 Å². The lowest BCUT2D eigenvalue weighted by atomic mass is 9.92. The van der Waals surface area contributed by atoms with E-state index in [0.717, 1.165) is 35.5 Å². The van der Waals surface area contributed by atoms with Crippen LogP contribution < -0.4 is 20.7 Å². The number of halogens is 2. The first-order valence-corrected chi connectivity index (χ1v) is 33.3. The molecular weight excluding hydrogens is 1240 g/mol. The van der Waals surface area contributed by atoms with Crippen LogP contribution in [0.25, 0.3) is 10.9 Å². The van der Waals surface area contributed by atoms with E-state index < -0.39 is 66.3 Å². The van der Waals surface area contributed by atoms with E-state index in [0.29, 0.717) is 153 Å². The standard InChI is InChI=1S/C66H89F2N11O14S/c1-3-51-37-66(67,68)43-79(51)61(85)39-72-64(89)54-19-23-69-56-18-17-52(35-55(54)56)93-34-8-10-50-20-24-77(25-21-50)62(86)41-78-60(84)36-57(65(78)90)94-53(11-5-4-6-22-70-58(82)12-7-9-49-15-13-48(2)14-16-49)38-71-59(83)40-73-26-27-74(42-63(87)88)29-31-76(45-92-47-81)33-32-75(30-28-73)44-91-46-80/h1,13-19,23,35,46-47,50-51,53,57H,4-12,20-22,24-34,36-45H2,2H3,(H,70,82)(H,71,83)(H,72,89)(H,87,88)/t51-,53+,57?/m0/s1. The zero-order valence-electron chi connectivity index (χ0n) is 53.6. The smallest absolute Gasteiger partial charge is 0.317 e. The highest BCUT2D eigenvalue weighted by atomic mass is 32.2. The van der Waals surface area contributed by atoms with Gasteiger partial charge in [0.2, 0.25) is 35.4 Å². The largest absolute Gasteiger partial charge is 0.494 e. The molecule has 0 radical (unpaired) electrons. The SMILES string of the molecule is C#C[C@H]1CC(F)(F)CN1C(=O)CNC(=O)c1ccnc2ccc(OCCCC3CCN(C(=O)CN4C(=O)CC(S[C@H](CCCCCNC(=O)CCCc5ccc(C)cc5)CNC(=O)CN5CCN(COC=O)CCN(COC=O)CCN(CC(=O)O)CC5)C4=O)CC3)cc12. The van der Waals surface area contributed by atoms with E-state index >= 15 is 0 Å². The molecule has 512 valence electrons. The molecule has 7 amide bonds. The Morgan fingerprint density at radius 3 is 2.12 bits per heavy atom. The predicted molar refractivity (Wildman–Crippen MR) is 345 cm³/mol. The van der Waals surface area contributed by atoms with Gasteiger partial charge in [0, 0.05) is 115 Å². The molecule has 4 saturated heterocycles. The number of hydrogen-bond acceptors (Lipinski definition) is 19. The number of unbranched alkanes of at least 4 members (excludes halogenated alkanes) is 2. The number of nitrogens with one attached hydrogen (secondary N) is 3. The van der Waals surface area contributed by atoms with E-state index in [9.17, 15) is 61.8 Å². The molecule has 3 aromatic rings. The van der Waals surface area contributed by atoms with Gasteiger partial charge >= 0.3 is 5.97 Å². The number of hydrogen-bond donors (Lipinski definition) is 4. The van der Waals surface area contributed by atoms with Crippen molar-refractivity contribution < 1.29 is 76.0 Å². The summed E-state index contributed by atoms with van der Waals surface area (Å²) in [7, 11) is 0. The minimum atomic E-state index is -3.11. The Morgan fingerprint density at radius 1 is 0.787 bits per heavy atom. The lowest BCUT2D eigenvalue weighted by Gasteiger charge is -2.33. The van der Waals surface area contributed by atoms with Gasteiger partial charge in [-0.15, -0.1) is 18.2 Å². The average Bonchev–Trinajstić information content (AvgIpc) is 1.27. The summed E-state index contributed by atoms with van der Waals surface area (Å²) in [5.74, 6) is -4.01. The first kappa shape index (κ1) is 73.6. The minimum absolute atomic E-state index is 0.00679. The molecule has 4 aliphatic heterocycles. The molecule has 25 nitrogen and oxygen atoms in total. The summed E-state index contributed by atoms with van der Waals surface area (Å²) in [5, 5.41) is 17.7. The number of thioether (sulfide) groups is 1. The van der Waals surface area contributed by atoms with Crippen molar-refractivity contribution in [1.82, 2.24) is 55.2 Å². The van der Waals surface area contributed by atoms with Crippen molar-refractivity contribution in [2.45, 2.75) is 113 Å². The van der Waals surface area contributed by atoms with Crippen LogP contribution in [0.5, 0.6) is 5.75 Å². The molecule has 1 unspecified atom stereocenters. The van der Waals surface area contributed by atoms with Crippen LogP contribution in [0, 0.1) is 25.2 Å². The van der Waals surface area contributed by atoms with Crippen molar-refractivity contribution in [2.24, 2.45) is 5.92 Å². The number of carboxylic acid groups (broad SMARTS) is 1. The number of ether oxygens (including phenoxy) is 3. The fraction of sp³-hybridized carbons (Fsp3) is 0.591. The van der Waals surface area contributed by atoms with E-state index in [1.54, 1.807) is 28.0 Å². The van der Waals surface area contributed by atoms with Crippen LogP contribution in [0.15, 0.2) is 54.7 Å². The van der Waals surface area contributed by atoms with Gasteiger partial charge in [-0.2, -0.15) is 0 Å². The number of pyridine rings is 1. The second-order valence-electron chi connectivity index (χ2n) is 24.4. The lowest BCUT2D eigenvalue weighted by Crippen LogP contribution is -2.49. The Labute approximate surface area is 551 Å². The topological polar surface area (TPSA) is 290 Å². The summed E-state index contributed by atoms with van der Waals surface area (Å²) in [6.07, 6.45) is 13.7. The average molecular weight is 1330 g/mol. The van der Waals surface area contributed by atoms with Gasteiger partial charge in [0.1, 0.15) is 25.8 Å². The van der Waals surface area contributed by atoms with Crippen LogP contribution in [0.3, 0.4) is 0 Å². The number of aromatic nitrogens is 1. The maximum absolute atomic E-state index is 14.1. The number of carbonyl (C=O) groups is 10. The van der Waals surface area contributed by atoms with Gasteiger partial charge in [-0.05, 0) is 94.0 Å². The van der Waals surface area contributed by atoms with Crippen molar-refractivity contribution in [1.29, 1.82) is 0 Å². The summed E-state index contributed by atoms with van der Waals surface area (Å²) in [4.78, 5) is 144. The second-order valence-corrected chi connectivity index (χ2v) is 25.9. The van der Waals surface area contributed by atoms with Crippen LogP contribution >= 0.6 is 11.8 Å². The number of carbonyl (C=O) groups excluding carboxylic acids is 9. The number of carboxylic acids is 1. The number of terminal acetylenes is 1. The summed E-state index contributed by atoms with van der Waals surface area (Å²) in [5.41, 5.74) is 3.09. The van der Waals surface area contributed by atoms with Crippen molar-refractivity contribution in [3.63, 3.8) is 0 Å². The van der Waals surface area contributed by atoms with Crippen LogP contribution in [-0.4, -0.2) is 258 Å². The van der Waals surface area contributed by atoms with E-state index in [-0.39, 0.29) is 80.5 Å². The molecule has 5 heterocycles. The fourth-order valence-electron chi connectivity index (χ4n) is 11.9. The lowest BCUT2D eigenvalue weighted by molar-refractivity contribution is -0.146. The highest BCUT2D eigenvalue weighted by molar-refractivity contribution is 8.01. The number of amides is 7. The van der Waals surface area contributed by atoms with Crippen LogP contribution in [0.2, 0.25) is 0 Å². The number of piperidine rings is 1. The predicted octanol–water partition coefficient (Wildman–Crippen LogP) is 3.15. The van der Waals surface area contributed by atoms with Crippen LogP contribution in [0.1, 0.15) is 98.5 Å². The molecular formula is C66H89F2N11O14S. The second kappa shape index (κ2) is 37.9. The molecule has 0 bridgehead atoms. The quantitative estimate of drug-likeness (QED) is 0.0289. The zero-order valence-corrected chi connectivity index (χ0v) is 54.4. The number of aryl methyl sites for hydroxylation is 2. The van der Waals surface area contributed by atoms with Gasteiger partial charge in [0.15, 0.2) is 0 Å². The molecule has 94 heavy (non-hydrogen) atoms. The van der Waals surface area contributed by atoms with Crippen molar-refractivity contribution in [3.8, 4) is 18.1 Å². The molecule has 0 spiro atoms. The summed E-state index contributed by atoms with van der Waals surface area (Å²) in [6.45, 7) is 5.48. The first-order chi connectivity index (χ1) is 45.3. The number of likely N-dealkylation sites (tertiary alicyclic amines) is 3. The Morgan fingerprint density at radius 2 is 1.46 bits per heavy atom. The Kier molecular flexibility index (Phi) is 29.7. The van der Waals surface area contributed by atoms with Crippen molar-refractivity contribution in [2.75, 3.05) is 131 Å². The molecule has 1 aromatic heterocycles. The third-order valence-corrected chi connectivity index (χ3v) is 18.8. The molecule has 0 saturated carbocycles. The number of benzene rings is 2. The Bertz CT molecular complexity index is 3100. The minimum Gasteiger partial charge on any atom is -0.494 e. The number of aliphatic carboxylic acids is 1. The van der Waals surface area contributed by atoms with E-state index in [4.69, 9.17) is 20.6 Å². The van der Waals surface area contributed by atoms with Crippen molar-refractivity contribution >= 4 is 82.9 Å². The third-order valence-electron chi connectivity index (χ3n) is 17.3. The Balaban J connectivity index is 0.879. The van der Waals surface area contributed by atoms with E-state index in [1.165, 1.54) is 35.2 Å². The van der Waals surface area contributed by atoms with Gasteiger partial charge in [-0.25, -0.2) is 8.78 Å². The molecule has 7 rings (SSSR count). The zero-order chi connectivity index (χ0) is 67.4. The molecule has 4 fully saturated rings. The fourth-order valence-corrected chi connectivity index (χ4v) is 13.4. The number of nitrogens with zero attached hydrogens (tertiary/aromatic N) is 8. The molecule has 4 aliphatic rings. The van der Waals surface area contributed by atoms with E-state index in [1.807, 2.05) is 21.6 Å². The third kappa shape index (κ3) is 24.2. The van der Waals surface area contributed by atoms with Gasteiger partial charge in [-0.1, -0.05) is 48.6 Å². The number of rotatable bonds is 34. The van der Waals surface area contributed by atoms with E-state index in [2.05, 4.69) is 51.1 Å². The highest BCUT2D eigenvalue weighted by Crippen LogP contribution is 2.33. The summed E-state index contributed by atoms with van der Waals surface area (Å²) >= 11 is 1.30. The highest BCUT2D eigenvalue weighted by Gasteiger charge is 2.46. The van der Waals surface area contributed by atoms with Gasteiger partial charge in [0.05, 0.1) is 55.2 Å². The van der Waals surface area contributed by atoms with Gasteiger partial charge in [0.25, 0.3) is 24.8 Å². The number of alkyl halides is 2. The van der Waals surface area contributed by atoms with Crippen LogP contribution in [-0.2, 0) is 59.0 Å². The van der Waals surface area contributed by atoms with Crippen molar-refractivity contribution in [3.05, 3.63) is 71.4 Å². The molecule has 3 atom stereocenters. The normalized spacial score (nSPS) is 19.1. The Hall–Kier alpha value is -7.84. The van der Waals surface area contributed by atoms with Gasteiger partial charge in [-0.3, -0.25) is 77.4 Å². The monoisotopic (exact) mass is 1330 g/mol. The molecule has 4 N–H and O–H groups in total. The van der Waals surface area contributed by atoms with Gasteiger partial charge < -0.3 is 45.1 Å².